The molecule has 4 bridgehead atoms. The van der Waals surface area contributed by atoms with Crippen LogP contribution in [-0.2, 0) is 41.7 Å². The van der Waals surface area contributed by atoms with Crippen molar-refractivity contribution in [2.24, 2.45) is 11.8 Å². The SMILES string of the molecule is COc1cc2cc(c1O)Cc1ccc(CCCO)c(c1)Cc1cc[nH]c1[N-]CC1=Cc3[n-]ccc3[C@@H](C[C@@H]3C=Cc4c(O)cccc4CC3)[C@@H]1C(=O)CC(=O)CC2. The molecule has 0 spiro atoms. The molecule has 0 unspecified atom stereocenters. The molecule has 0 fully saturated rings. The van der Waals surface area contributed by atoms with Crippen LogP contribution in [0.3, 0.4) is 0 Å². The van der Waals surface area contributed by atoms with E-state index in [9.17, 15) is 24.9 Å². The molecule has 3 heterocycles. The van der Waals surface area contributed by atoms with Crippen molar-refractivity contribution in [1.29, 1.82) is 0 Å². The summed E-state index contributed by atoms with van der Waals surface area (Å²) in [4.78, 5) is 36.5. The third kappa shape index (κ3) is 8.21. The standard InChI is InChI=1S/C48H49N3O6/c1-57-45-24-31-9-13-38(53)27-44(55)46-37(26-42-40(16-18-49-42)41(46)23-29-7-12-33-4-2-6-43(54)39(33)14-10-29)28-51-48-34(15-17-50-48)25-35-20-30(21-36(22-31)47(45)56)8-11-32(35)5-3-19-52/h2,4,6,8,10-11,14-18,20,22,24,26,29,41,46,50,52,54,56H,3,5,7,9,12-13,19,21,23,25,27-28H2,1H3/q-2/t29-,41+,46+/m0/s1. The molecule has 5 aromatic rings. The maximum absolute atomic E-state index is 14.7. The van der Waals surface area contributed by atoms with E-state index in [0.29, 0.717) is 43.4 Å². The number of hydrogen-bond acceptors (Lipinski definition) is 6. The lowest BCUT2D eigenvalue weighted by molar-refractivity contribution is -0.129. The first-order valence-corrected chi connectivity index (χ1v) is 20.1. The first kappa shape index (κ1) is 38.1. The van der Waals surface area contributed by atoms with Crippen LogP contribution in [-0.4, -0.2) is 52.1 Å². The number of nitrogens with zero attached hydrogens (tertiary/aromatic N) is 2. The Labute approximate surface area is 333 Å². The van der Waals surface area contributed by atoms with Gasteiger partial charge in [0, 0.05) is 36.5 Å². The molecule has 2 aliphatic carbocycles. The molecule has 0 radical (unpaired) electrons. The van der Waals surface area contributed by atoms with E-state index in [0.717, 1.165) is 80.9 Å². The second-order valence-corrected chi connectivity index (χ2v) is 15.8. The summed E-state index contributed by atoms with van der Waals surface area (Å²) in [5.74, 6) is 0.518. The van der Waals surface area contributed by atoms with Crippen LogP contribution in [0, 0.1) is 11.8 Å². The number of H-pyrrole nitrogens is 1. The van der Waals surface area contributed by atoms with Crippen molar-refractivity contribution in [3.05, 3.63) is 146 Å². The van der Waals surface area contributed by atoms with Crippen LogP contribution in [0.15, 0.2) is 84.7 Å². The van der Waals surface area contributed by atoms with Gasteiger partial charge < -0.3 is 35.3 Å². The number of aromatic hydroxyl groups is 2. The highest BCUT2D eigenvalue weighted by Crippen LogP contribution is 2.46. The van der Waals surface area contributed by atoms with E-state index in [1.807, 2.05) is 42.6 Å². The van der Waals surface area contributed by atoms with E-state index in [2.05, 4.69) is 35.3 Å². The minimum absolute atomic E-state index is 0.0690. The van der Waals surface area contributed by atoms with Gasteiger partial charge in [0.25, 0.3) is 0 Å². The normalized spacial score (nSPS) is 19.7. The van der Waals surface area contributed by atoms with Gasteiger partial charge in [-0.05, 0) is 109 Å². The number of rotatable bonds is 6. The highest BCUT2D eigenvalue weighted by atomic mass is 16.5. The number of aliphatic hydroxyl groups excluding tert-OH is 1. The van der Waals surface area contributed by atoms with Gasteiger partial charge in [0.2, 0.25) is 0 Å². The summed E-state index contributed by atoms with van der Waals surface area (Å²) >= 11 is 0. The van der Waals surface area contributed by atoms with Gasteiger partial charge in [-0.15, -0.1) is 5.69 Å². The van der Waals surface area contributed by atoms with Gasteiger partial charge in [-0.1, -0.05) is 89.9 Å². The highest BCUT2D eigenvalue weighted by molar-refractivity contribution is 6.02. The Bertz CT molecular complexity index is 2350. The van der Waals surface area contributed by atoms with Crippen LogP contribution in [0.1, 0.15) is 93.8 Å². The number of allylic oxidation sites excluding steroid dienone is 1. The second-order valence-electron chi connectivity index (χ2n) is 15.8. The number of fused-ring (bicyclic) bond motifs is 8. The van der Waals surface area contributed by atoms with E-state index in [-0.39, 0.29) is 60.9 Å². The first-order valence-electron chi connectivity index (χ1n) is 20.1. The minimum Gasteiger partial charge on any atom is -0.664 e. The maximum atomic E-state index is 14.7. The average molecular weight is 764 g/mol. The Morgan fingerprint density at radius 1 is 0.895 bits per heavy atom. The summed E-state index contributed by atoms with van der Waals surface area (Å²) in [5, 5.41) is 36.6. The van der Waals surface area contributed by atoms with Crippen molar-refractivity contribution in [1.82, 2.24) is 9.97 Å². The Morgan fingerprint density at radius 2 is 1.77 bits per heavy atom. The first-order chi connectivity index (χ1) is 27.8. The second kappa shape index (κ2) is 16.7. The van der Waals surface area contributed by atoms with Crippen LogP contribution in [0.2, 0.25) is 0 Å². The molecule has 9 heteroatoms. The topological polar surface area (TPSA) is 148 Å². The van der Waals surface area contributed by atoms with Crippen molar-refractivity contribution in [3.63, 3.8) is 0 Å². The number of ether oxygens (including phenoxy) is 1. The maximum Gasteiger partial charge on any atom is 0.161 e. The number of Topliss-reactive ketones (excluding diaryl/α,β-unsaturated/α-hetero) is 2. The summed E-state index contributed by atoms with van der Waals surface area (Å²) in [6, 6.07) is 19.8. The lowest BCUT2D eigenvalue weighted by atomic mass is 9.69. The monoisotopic (exact) mass is 763 g/mol. The van der Waals surface area contributed by atoms with Crippen LogP contribution < -0.4 is 9.72 Å². The van der Waals surface area contributed by atoms with E-state index < -0.39 is 5.92 Å². The fraction of sp³-hybridized carbons (Fsp3) is 0.333. The summed E-state index contributed by atoms with van der Waals surface area (Å²) in [6.07, 6.45) is 15.0. The largest absolute Gasteiger partial charge is 0.664 e. The van der Waals surface area contributed by atoms with Gasteiger partial charge in [-0.2, -0.15) is 6.20 Å². The van der Waals surface area contributed by atoms with Gasteiger partial charge >= 0.3 is 0 Å². The number of phenols is 2. The third-order valence-corrected chi connectivity index (χ3v) is 12.1. The lowest BCUT2D eigenvalue weighted by Crippen LogP contribution is -2.31. The highest BCUT2D eigenvalue weighted by Gasteiger charge is 2.37. The van der Waals surface area contributed by atoms with Gasteiger partial charge in [-0.25, -0.2) is 0 Å². The number of aryl methyl sites for hydroxylation is 3. The quantitative estimate of drug-likeness (QED) is 0.127. The Morgan fingerprint density at radius 3 is 2.63 bits per heavy atom. The number of hydrogen-bond donors (Lipinski definition) is 4. The number of aromatic nitrogens is 2. The van der Waals surface area contributed by atoms with Gasteiger partial charge in [0.1, 0.15) is 17.3 Å². The minimum atomic E-state index is -0.565. The molecule has 0 saturated heterocycles. The number of nitrogens with one attached hydrogen (secondary N) is 1. The molecule has 3 atom stereocenters. The number of carbonyl (C=O) groups is 2. The zero-order valence-corrected chi connectivity index (χ0v) is 32.3. The molecule has 3 aliphatic rings. The molecular formula is C48H49N3O6-2. The molecule has 1 aliphatic heterocycles. The summed E-state index contributed by atoms with van der Waals surface area (Å²) in [5.41, 5.74) is 10.5. The van der Waals surface area contributed by atoms with Crippen LogP contribution in [0.25, 0.3) is 17.5 Å². The number of aliphatic hydroxyl groups is 1. The molecule has 2 aromatic heterocycles. The molecule has 57 heavy (non-hydrogen) atoms. The van der Waals surface area contributed by atoms with Crippen LogP contribution in [0.4, 0.5) is 5.82 Å². The Balaban J connectivity index is 1.16. The third-order valence-electron chi connectivity index (χ3n) is 12.1. The van der Waals surface area contributed by atoms with Gasteiger partial charge in [0.05, 0.1) is 13.5 Å². The fourth-order valence-corrected chi connectivity index (χ4v) is 9.12. The molecule has 3 aromatic carbocycles. The average Bonchev–Trinajstić information content (AvgIpc) is 3.81. The fourth-order valence-electron chi connectivity index (χ4n) is 9.12. The predicted molar refractivity (Wildman–Crippen MR) is 221 cm³/mol. The molecule has 4 N–H and O–H groups in total. The van der Waals surface area contributed by atoms with E-state index in [4.69, 9.17) is 15.0 Å². The molecule has 0 amide bonds. The lowest BCUT2D eigenvalue weighted by Gasteiger charge is -2.37. The number of phenolic OH excluding ortho intramolecular Hbond substituents is 2. The van der Waals surface area contributed by atoms with Crippen LogP contribution >= 0.6 is 0 Å². The van der Waals surface area contributed by atoms with Crippen molar-refractivity contribution in [2.45, 2.75) is 70.1 Å². The van der Waals surface area contributed by atoms with Crippen molar-refractivity contribution in [3.8, 4) is 17.2 Å². The zero-order valence-electron chi connectivity index (χ0n) is 32.3. The van der Waals surface area contributed by atoms with E-state index >= 15 is 0 Å². The Hall–Kier alpha value is -5.80. The van der Waals surface area contributed by atoms with Gasteiger partial charge in [-0.3, -0.25) is 9.59 Å². The van der Waals surface area contributed by atoms with E-state index in [1.54, 1.807) is 18.3 Å². The molecule has 9 nitrogen and oxygen atoms in total. The molecular weight excluding hydrogens is 715 g/mol. The number of carbonyl (C=O) groups excluding carboxylic acids is 2. The number of aromatic amines is 1. The van der Waals surface area contributed by atoms with Crippen molar-refractivity contribution < 1.29 is 29.6 Å². The summed E-state index contributed by atoms with van der Waals surface area (Å²) in [6.45, 7) is 0.363. The molecule has 294 valence electrons. The number of methoxy groups -OCH3 is 1. The van der Waals surface area contributed by atoms with Gasteiger partial charge in [0.15, 0.2) is 11.5 Å². The summed E-state index contributed by atoms with van der Waals surface area (Å²) in [7, 11) is 1.52. The Kier molecular flexibility index (Phi) is 11.2. The summed E-state index contributed by atoms with van der Waals surface area (Å²) < 4.78 is 5.58. The number of benzene rings is 3. The smallest absolute Gasteiger partial charge is 0.161 e. The number of ketones is 2. The van der Waals surface area contributed by atoms with E-state index in [1.165, 1.54) is 7.11 Å². The zero-order chi connectivity index (χ0) is 39.5. The van der Waals surface area contributed by atoms with Crippen molar-refractivity contribution in [2.75, 3.05) is 20.3 Å². The predicted octanol–water partition coefficient (Wildman–Crippen LogP) is 8.44. The molecule has 0 saturated carbocycles. The van der Waals surface area contributed by atoms with Crippen LogP contribution in [0.5, 0.6) is 17.2 Å². The van der Waals surface area contributed by atoms with Crippen molar-refractivity contribution >= 4 is 29.5 Å². The molecule has 8 rings (SSSR count).